The number of nitrogens with two attached hydrogens (primary N) is 1. The van der Waals surface area contributed by atoms with Crippen molar-refractivity contribution >= 4 is 23.2 Å². The monoisotopic (exact) mass is 297 g/mol. The zero-order valence-corrected chi connectivity index (χ0v) is 12.0. The van der Waals surface area contributed by atoms with Crippen LogP contribution < -0.4 is 5.73 Å². The van der Waals surface area contributed by atoms with Crippen molar-refractivity contribution < 1.29 is 4.39 Å². The highest BCUT2D eigenvalue weighted by molar-refractivity contribution is 6.42. The molecule has 2 N–H and O–H groups in total. The summed E-state index contributed by atoms with van der Waals surface area (Å²) in [6.45, 7) is 1.72. The Balaban J connectivity index is 2.28. The molecule has 0 amide bonds. The molecule has 0 saturated heterocycles. The van der Waals surface area contributed by atoms with Crippen molar-refractivity contribution in [1.82, 2.24) is 0 Å². The number of benzene rings is 2. The molecule has 19 heavy (non-hydrogen) atoms. The van der Waals surface area contributed by atoms with Gasteiger partial charge in [-0.15, -0.1) is 0 Å². The highest BCUT2D eigenvalue weighted by atomic mass is 35.5. The maximum atomic E-state index is 14.0. The third kappa shape index (κ3) is 3.08. The van der Waals surface area contributed by atoms with E-state index in [4.69, 9.17) is 28.9 Å². The van der Waals surface area contributed by atoms with Gasteiger partial charge in [0.25, 0.3) is 0 Å². The van der Waals surface area contributed by atoms with E-state index in [1.54, 1.807) is 31.2 Å². The maximum absolute atomic E-state index is 14.0. The van der Waals surface area contributed by atoms with Crippen molar-refractivity contribution in [3.8, 4) is 0 Å². The van der Waals surface area contributed by atoms with Gasteiger partial charge in [0.2, 0.25) is 0 Å². The van der Waals surface area contributed by atoms with Crippen LogP contribution in [-0.4, -0.2) is 0 Å². The van der Waals surface area contributed by atoms with Crippen LogP contribution in [0.4, 0.5) is 4.39 Å². The Labute approximate surface area is 122 Å². The van der Waals surface area contributed by atoms with Crippen LogP contribution in [0.25, 0.3) is 0 Å². The predicted octanol–water partition coefficient (Wildman–Crippen LogP) is 4.68. The lowest BCUT2D eigenvalue weighted by Gasteiger charge is -2.15. The molecule has 0 aliphatic rings. The average Bonchev–Trinajstić information content (AvgIpc) is 2.38. The first-order valence-electron chi connectivity index (χ1n) is 5.94. The van der Waals surface area contributed by atoms with Gasteiger partial charge in [-0.05, 0) is 30.5 Å². The fourth-order valence-corrected chi connectivity index (χ4v) is 2.41. The molecule has 0 heterocycles. The van der Waals surface area contributed by atoms with E-state index in [1.165, 1.54) is 0 Å². The number of halogens is 3. The first kappa shape index (κ1) is 14.3. The second kappa shape index (κ2) is 5.91. The lowest BCUT2D eigenvalue weighted by Crippen LogP contribution is -2.15. The zero-order valence-electron chi connectivity index (χ0n) is 10.5. The minimum Gasteiger partial charge on any atom is -0.324 e. The Morgan fingerprint density at radius 1 is 1.16 bits per heavy atom. The molecule has 0 bridgehead atoms. The molecule has 4 heteroatoms. The summed E-state index contributed by atoms with van der Waals surface area (Å²) in [5.41, 5.74) is 7.98. The van der Waals surface area contributed by atoms with E-state index in [0.29, 0.717) is 27.6 Å². The number of rotatable bonds is 3. The SMILES string of the molecule is Cc1cccc(C(N)Cc2cccc(Cl)c2Cl)c1F. The van der Waals surface area contributed by atoms with Crippen LogP contribution in [0.5, 0.6) is 0 Å². The van der Waals surface area contributed by atoms with Gasteiger partial charge in [-0.3, -0.25) is 0 Å². The Hall–Kier alpha value is -1.09. The Kier molecular flexibility index (Phi) is 4.46. The molecule has 1 unspecified atom stereocenters. The molecule has 2 aromatic rings. The molecule has 0 spiro atoms. The molecule has 0 aromatic heterocycles. The summed E-state index contributed by atoms with van der Waals surface area (Å²) in [5, 5.41) is 0.962. The van der Waals surface area contributed by atoms with Crippen molar-refractivity contribution in [2.75, 3.05) is 0 Å². The molecule has 0 aliphatic carbocycles. The predicted molar refractivity (Wildman–Crippen MR) is 78.2 cm³/mol. The topological polar surface area (TPSA) is 26.0 Å². The van der Waals surface area contributed by atoms with E-state index in [2.05, 4.69) is 0 Å². The van der Waals surface area contributed by atoms with Gasteiger partial charge in [-0.1, -0.05) is 53.5 Å². The minimum absolute atomic E-state index is 0.256. The summed E-state index contributed by atoms with van der Waals surface area (Å²) in [4.78, 5) is 0. The van der Waals surface area contributed by atoms with Crippen LogP contribution in [0.1, 0.15) is 22.7 Å². The molecule has 2 rings (SSSR count). The second-order valence-corrected chi connectivity index (χ2v) is 5.29. The molecule has 1 nitrogen and oxygen atoms in total. The van der Waals surface area contributed by atoms with E-state index in [-0.39, 0.29) is 5.82 Å². The second-order valence-electron chi connectivity index (χ2n) is 4.50. The van der Waals surface area contributed by atoms with Crippen molar-refractivity contribution in [2.45, 2.75) is 19.4 Å². The summed E-state index contributed by atoms with van der Waals surface area (Å²) >= 11 is 12.1. The van der Waals surface area contributed by atoms with Gasteiger partial charge in [0, 0.05) is 11.6 Å². The van der Waals surface area contributed by atoms with Gasteiger partial charge < -0.3 is 5.73 Å². The van der Waals surface area contributed by atoms with E-state index in [0.717, 1.165) is 5.56 Å². The fourth-order valence-electron chi connectivity index (χ4n) is 2.01. The highest BCUT2D eigenvalue weighted by Gasteiger charge is 2.15. The van der Waals surface area contributed by atoms with Crippen LogP contribution in [0.3, 0.4) is 0 Å². The maximum Gasteiger partial charge on any atom is 0.130 e. The van der Waals surface area contributed by atoms with E-state index >= 15 is 0 Å². The van der Waals surface area contributed by atoms with Crippen molar-refractivity contribution in [3.63, 3.8) is 0 Å². The van der Waals surface area contributed by atoms with E-state index < -0.39 is 6.04 Å². The summed E-state index contributed by atoms with van der Waals surface area (Å²) in [7, 11) is 0. The average molecular weight is 298 g/mol. The molecule has 2 aromatic carbocycles. The highest BCUT2D eigenvalue weighted by Crippen LogP contribution is 2.29. The van der Waals surface area contributed by atoms with Crippen LogP contribution in [0.15, 0.2) is 36.4 Å². The lowest BCUT2D eigenvalue weighted by atomic mass is 9.97. The Morgan fingerprint density at radius 2 is 1.84 bits per heavy atom. The Bertz CT molecular complexity index is 599. The molecular formula is C15H14Cl2FN. The normalized spacial score (nSPS) is 12.5. The molecule has 100 valence electrons. The van der Waals surface area contributed by atoms with Crippen LogP contribution in [0, 0.1) is 12.7 Å². The number of hydrogen-bond acceptors (Lipinski definition) is 1. The summed E-state index contributed by atoms with van der Waals surface area (Å²) in [6.07, 6.45) is 0.444. The van der Waals surface area contributed by atoms with Gasteiger partial charge >= 0.3 is 0 Å². The third-order valence-electron chi connectivity index (χ3n) is 3.09. The van der Waals surface area contributed by atoms with Gasteiger partial charge in [-0.2, -0.15) is 0 Å². The number of aryl methyl sites for hydroxylation is 1. The van der Waals surface area contributed by atoms with Crippen molar-refractivity contribution in [1.29, 1.82) is 0 Å². The number of hydrogen-bond donors (Lipinski definition) is 1. The zero-order chi connectivity index (χ0) is 14.0. The van der Waals surface area contributed by atoms with Gasteiger partial charge in [-0.25, -0.2) is 4.39 Å². The molecule has 0 fully saturated rings. The summed E-state index contributed by atoms with van der Waals surface area (Å²) in [5.74, 6) is -0.256. The molecule has 1 atom stereocenters. The molecule has 0 aliphatic heterocycles. The first-order valence-corrected chi connectivity index (χ1v) is 6.69. The summed E-state index contributed by atoms with van der Waals surface area (Å²) < 4.78 is 14.0. The summed E-state index contributed by atoms with van der Waals surface area (Å²) in [6, 6.07) is 10.1. The standard InChI is InChI=1S/C15H14Cl2FN/c1-9-4-2-6-11(15(9)18)13(19)8-10-5-3-7-12(16)14(10)17/h2-7,13H,8,19H2,1H3. The first-order chi connectivity index (χ1) is 9.00. The van der Waals surface area contributed by atoms with Crippen molar-refractivity contribution in [3.05, 3.63) is 69.0 Å². The molecule has 0 saturated carbocycles. The molecule has 0 radical (unpaired) electrons. The van der Waals surface area contributed by atoms with Gasteiger partial charge in [0.15, 0.2) is 0 Å². The quantitative estimate of drug-likeness (QED) is 0.874. The fraction of sp³-hybridized carbons (Fsp3) is 0.200. The van der Waals surface area contributed by atoms with Crippen LogP contribution >= 0.6 is 23.2 Å². The lowest BCUT2D eigenvalue weighted by molar-refractivity contribution is 0.573. The smallest absolute Gasteiger partial charge is 0.130 e. The molecular weight excluding hydrogens is 284 g/mol. The van der Waals surface area contributed by atoms with Crippen LogP contribution in [-0.2, 0) is 6.42 Å². The van der Waals surface area contributed by atoms with Gasteiger partial charge in [0.05, 0.1) is 10.0 Å². The van der Waals surface area contributed by atoms with Crippen molar-refractivity contribution in [2.24, 2.45) is 5.73 Å². The van der Waals surface area contributed by atoms with Gasteiger partial charge in [0.1, 0.15) is 5.82 Å². The largest absolute Gasteiger partial charge is 0.324 e. The van der Waals surface area contributed by atoms with Crippen LogP contribution in [0.2, 0.25) is 10.0 Å². The Morgan fingerprint density at radius 3 is 2.58 bits per heavy atom. The van der Waals surface area contributed by atoms with E-state index in [9.17, 15) is 4.39 Å². The minimum atomic E-state index is -0.448. The van der Waals surface area contributed by atoms with E-state index in [1.807, 2.05) is 12.1 Å². The third-order valence-corrected chi connectivity index (χ3v) is 3.95.